The first-order valence-corrected chi connectivity index (χ1v) is 6.91. The molecule has 1 heterocycles. The third-order valence-electron chi connectivity index (χ3n) is 4.13. The van der Waals surface area contributed by atoms with Crippen molar-refractivity contribution in [2.24, 2.45) is 0 Å². The molecule has 1 unspecified atom stereocenters. The molecule has 0 aromatic heterocycles. The lowest BCUT2D eigenvalue weighted by Gasteiger charge is -2.33. The molecule has 1 atom stereocenters. The number of rotatable bonds is 3. The number of para-hydroxylation sites is 1. The number of carboxylic acids is 1. The van der Waals surface area contributed by atoms with E-state index in [1.165, 1.54) is 5.56 Å². The molecule has 0 bridgehead atoms. The first kappa shape index (κ1) is 13.9. The number of hydrogen-bond acceptors (Lipinski definition) is 2. The Morgan fingerprint density at radius 2 is 2.05 bits per heavy atom. The third kappa shape index (κ3) is 2.11. The van der Waals surface area contributed by atoms with Crippen LogP contribution in [0.5, 0.6) is 0 Å². The molecule has 1 aromatic rings. The number of anilines is 1. The van der Waals surface area contributed by atoms with E-state index in [0.29, 0.717) is 12.1 Å². The fourth-order valence-corrected chi connectivity index (χ4v) is 3.08. The van der Waals surface area contributed by atoms with E-state index >= 15 is 0 Å². The molecule has 0 saturated heterocycles. The van der Waals surface area contributed by atoms with E-state index in [9.17, 15) is 9.90 Å². The van der Waals surface area contributed by atoms with Crippen LogP contribution in [0.4, 0.5) is 5.69 Å². The number of carbonyl (C=O) groups is 1. The number of carboxylic acid groups (broad SMARTS) is 1. The summed E-state index contributed by atoms with van der Waals surface area (Å²) in [6, 6.07) is 6.87. The van der Waals surface area contributed by atoms with Gasteiger partial charge in [0.15, 0.2) is 0 Å². The van der Waals surface area contributed by atoms with Crippen LogP contribution in [0, 0.1) is 0 Å². The van der Waals surface area contributed by atoms with Crippen molar-refractivity contribution in [2.45, 2.75) is 58.5 Å². The summed E-state index contributed by atoms with van der Waals surface area (Å²) < 4.78 is 0. The van der Waals surface area contributed by atoms with Crippen molar-refractivity contribution in [1.29, 1.82) is 0 Å². The van der Waals surface area contributed by atoms with E-state index < -0.39 is 11.4 Å². The minimum Gasteiger partial charge on any atom is -0.481 e. The summed E-state index contributed by atoms with van der Waals surface area (Å²) in [5.74, 6) is -0.774. The van der Waals surface area contributed by atoms with Gasteiger partial charge in [-0.05, 0) is 52.2 Å². The first-order valence-electron chi connectivity index (χ1n) is 6.91. The number of fused-ring (bicyclic) bond motifs is 1. The van der Waals surface area contributed by atoms with Gasteiger partial charge in [0, 0.05) is 17.8 Å². The maximum absolute atomic E-state index is 11.6. The number of benzene rings is 1. The maximum atomic E-state index is 11.6. The summed E-state index contributed by atoms with van der Waals surface area (Å²) in [4.78, 5) is 13.9. The van der Waals surface area contributed by atoms with E-state index in [-0.39, 0.29) is 0 Å². The molecule has 0 fully saturated rings. The van der Waals surface area contributed by atoms with E-state index in [4.69, 9.17) is 0 Å². The lowest BCUT2D eigenvalue weighted by atomic mass is 9.82. The van der Waals surface area contributed by atoms with Gasteiger partial charge in [-0.3, -0.25) is 4.79 Å². The minimum atomic E-state index is -0.859. The van der Waals surface area contributed by atoms with Crippen LogP contribution in [-0.2, 0) is 16.6 Å². The second kappa shape index (κ2) is 4.55. The van der Waals surface area contributed by atoms with Gasteiger partial charge < -0.3 is 10.0 Å². The first-order chi connectivity index (χ1) is 8.76. The van der Waals surface area contributed by atoms with Crippen LogP contribution in [0.2, 0.25) is 0 Å². The summed E-state index contributed by atoms with van der Waals surface area (Å²) in [6.07, 6.45) is 0.997. The van der Waals surface area contributed by atoms with E-state index in [1.807, 2.05) is 12.1 Å². The van der Waals surface area contributed by atoms with Gasteiger partial charge in [-0.25, -0.2) is 0 Å². The Hall–Kier alpha value is -1.51. The van der Waals surface area contributed by atoms with Gasteiger partial charge in [0.2, 0.25) is 0 Å². The normalized spacial score (nSPS) is 18.8. The highest BCUT2D eigenvalue weighted by molar-refractivity contribution is 5.84. The minimum absolute atomic E-state index is 0.377. The molecule has 0 radical (unpaired) electrons. The fraction of sp³-hybridized carbons (Fsp3) is 0.562. The Morgan fingerprint density at radius 3 is 2.58 bits per heavy atom. The predicted molar refractivity (Wildman–Crippen MR) is 77.9 cm³/mol. The summed E-state index contributed by atoms with van der Waals surface area (Å²) in [5, 5.41) is 9.50. The predicted octanol–water partition coefficient (Wildman–Crippen LogP) is 3.21. The monoisotopic (exact) mass is 261 g/mol. The molecule has 0 aliphatic carbocycles. The molecular formula is C16H23NO2. The highest BCUT2D eigenvalue weighted by Crippen LogP contribution is 2.41. The fourth-order valence-electron chi connectivity index (χ4n) is 3.08. The van der Waals surface area contributed by atoms with Crippen molar-refractivity contribution >= 4 is 11.7 Å². The van der Waals surface area contributed by atoms with Crippen molar-refractivity contribution < 1.29 is 9.90 Å². The van der Waals surface area contributed by atoms with Gasteiger partial charge in [-0.1, -0.05) is 18.2 Å². The summed E-state index contributed by atoms with van der Waals surface area (Å²) in [6.45, 7) is 10.1. The molecule has 1 aliphatic heterocycles. The molecule has 1 aliphatic rings. The van der Waals surface area contributed by atoms with Gasteiger partial charge in [0.05, 0.1) is 5.41 Å². The molecule has 104 valence electrons. The molecular weight excluding hydrogens is 238 g/mol. The lowest BCUT2D eigenvalue weighted by molar-refractivity contribution is -0.142. The molecule has 0 amide bonds. The molecule has 1 N–H and O–H groups in total. The van der Waals surface area contributed by atoms with Crippen molar-refractivity contribution in [2.75, 3.05) is 4.90 Å². The zero-order valence-electron chi connectivity index (χ0n) is 12.4. The molecule has 0 saturated carbocycles. The standard InChI is InChI=1S/C16H23NO2/c1-10(2)17-11(3)9-12-7-6-8-13(14(12)17)16(4,5)15(18)19/h6-8,10-11H,9H2,1-5H3,(H,18,19). The molecule has 0 spiro atoms. The molecule has 2 rings (SSSR count). The second-order valence-corrected chi connectivity index (χ2v) is 6.30. The quantitative estimate of drug-likeness (QED) is 0.908. The lowest BCUT2D eigenvalue weighted by Crippen LogP contribution is -2.38. The van der Waals surface area contributed by atoms with Crippen LogP contribution < -0.4 is 4.90 Å². The Labute approximate surface area is 115 Å². The van der Waals surface area contributed by atoms with Crippen molar-refractivity contribution in [3.8, 4) is 0 Å². The summed E-state index contributed by atoms with van der Waals surface area (Å²) in [7, 11) is 0. The zero-order valence-corrected chi connectivity index (χ0v) is 12.4. The van der Waals surface area contributed by atoms with Crippen LogP contribution in [0.1, 0.15) is 45.7 Å². The highest BCUT2D eigenvalue weighted by Gasteiger charge is 2.38. The zero-order chi connectivity index (χ0) is 14.4. The summed E-state index contributed by atoms with van der Waals surface area (Å²) >= 11 is 0. The Kier molecular flexibility index (Phi) is 3.33. The second-order valence-electron chi connectivity index (χ2n) is 6.30. The summed E-state index contributed by atoms with van der Waals surface area (Å²) in [5.41, 5.74) is 2.48. The van der Waals surface area contributed by atoms with Crippen LogP contribution >= 0.6 is 0 Å². The largest absolute Gasteiger partial charge is 0.481 e. The average molecular weight is 261 g/mol. The number of nitrogens with zero attached hydrogens (tertiary/aromatic N) is 1. The number of aliphatic carboxylic acids is 1. The average Bonchev–Trinajstić information content (AvgIpc) is 2.63. The van der Waals surface area contributed by atoms with Gasteiger partial charge in [-0.2, -0.15) is 0 Å². The smallest absolute Gasteiger partial charge is 0.313 e. The topological polar surface area (TPSA) is 40.5 Å². The number of hydrogen-bond donors (Lipinski definition) is 1. The van der Waals surface area contributed by atoms with Crippen molar-refractivity contribution in [3.63, 3.8) is 0 Å². The molecule has 3 heteroatoms. The Morgan fingerprint density at radius 1 is 1.42 bits per heavy atom. The van der Waals surface area contributed by atoms with Crippen LogP contribution in [0.25, 0.3) is 0 Å². The van der Waals surface area contributed by atoms with Crippen LogP contribution in [0.3, 0.4) is 0 Å². The molecule has 19 heavy (non-hydrogen) atoms. The molecule has 3 nitrogen and oxygen atoms in total. The maximum Gasteiger partial charge on any atom is 0.313 e. The molecule has 1 aromatic carbocycles. The van der Waals surface area contributed by atoms with Crippen LogP contribution in [-0.4, -0.2) is 23.2 Å². The van der Waals surface area contributed by atoms with Gasteiger partial charge in [-0.15, -0.1) is 0 Å². The van der Waals surface area contributed by atoms with E-state index in [1.54, 1.807) is 13.8 Å². The van der Waals surface area contributed by atoms with Crippen molar-refractivity contribution in [3.05, 3.63) is 29.3 Å². The van der Waals surface area contributed by atoms with E-state index in [0.717, 1.165) is 17.7 Å². The highest BCUT2D eigenvalue weighted by atomic mass is 16.4. The van der Waals surface area contributed by atoms with Gasteiger partial charge >= 0.3 is 5.97 Å². The SMILES string of the molecule is CC(C)N1c2c(cccc2C(C)(C)C(=O)O)CC1C. The Bertz CT molecular complexity index is 505. The van der Waals surface area contributed by atoms with Gasteiger partial charge in [0.25, 0.3) is 0 Å². The van der Waals surface area contributed by atoms with Gasteiger partial charge in [0.1, 0.15) is 0 Å². The third-order valence-corrected chi connectivity index (χ3v) is 4.13. The van der Waals surface area contributed by atoms with Crippen LogP contribution in [0.15, 0.2) is 18.2 Å². The van der Waals surface area contributed by atoms with Crippen molar-refractivity contribution in [1.82, 2.24) is 0 Å². The Balaban J connectivity index is 2.62. The van der Waals surface area contributed by atoms with E-state index in [2.05, 4.69) is 31.7 Å².